The summed E-state index contributed by atoms with van der Waals surface area (Å²) in [5.74, 6) is 1.90. The molecule has 100 valence electrons. The summed E-state index contributed by atoms with van der Waals surface area (Å²) in [4.78, 5) is 8.94. The molecule has 0 radical (unpaired) electrons. The van der Waals surface area contributed by atoms with Crippen LogP contribution in [0.4, 0.5) is 0 Å². The van der Waals surface area contributed by atoms with E-state index in [0.717, 1.165) is 28.9 Å². The number of aromatic nitrogens is 2. The monoisotopic (exact) mass is 265 g/mol. The van der Waals surface area contributed by atoms with Crippen molar-refractivity contribution in [3.63, 3.8) is 0 Å². The molecule has 0 spiro atoms. The Kier molecular flexibility index (Phi) is 5.45. The second kappa shape index (κ2) is 7.10. The molecule has 0 aromatic carbocycles. The molecule has 0 bridgehead atoms. The van der Waals surface area contributed by atoms with Crippen LogP contribution in [0.5, 0.6) is 0 Å². The molecule has 2 rings (SSSR count). The fourth-order valence-electron chi connectivity index (χ4n) is 2.38. The van der Waals surface area contributed by atoms with E-state index in [9.17, 15) is 0 Å². The highest BCUT2D eigenvalue weighted by molar-refractivity contribution is 7.99. The number of hydrogen-bond donors (Lipinski definition) is 1. The highest BCUT2D eigenvalue weighted by Gasteiger charge is 2.14. The van der Waals surface area contributed by atoms with Crippen molar-refractivity contribution in [2.24, 2.45) is 5.73 Å². The molecule has 18 heavy (non-hydrogen) atoms. The van der Waals surface area contributed by atoms with Crippen LogP contribution in [0.2, 0.25) is 0 Å². The smallest absolute Gasteiger partial charge is 0.138 e. The molecular formula is C14H23N3S. The van der Waals surface area contributed by atoms with Gasteiger partial charge >= 0.3 is 0 Å². The lowest BCUT2D eigenvalue weighted by Crippen LogP contribution is -2.19. The van der Waals surface area contributed by atoms with Crippen LogP contribution < -0.4 is 5.73 Å². The summed E-state index contributed by atoms with van der Waals surface area (Å²) in [5, 5.41) is 0.819. The van der Waals surface area contributed by atoms with Crippen LogP contribution in [0, 0.1) is 0 Å². The molecule has 1 unspecified atom stereocenters. The summed E-state index contributed by atoms with van der Waals surface area (Å²) in [6.45, 7) is 2.01. The van der Waals surface area contributed by atoms with Crippen LogP contribution in [-0.2, 0) is 12.2 Å². The Labute approximate surface area is 114 Å². The van der Waals surface area contributed by atoms with E-state index in [-0.39, 0.29) is 6.04 Å². The van der Waals surface area contributed by atoms with E-state index in [4.69, 9.17) is 5.73 Å². The van der Waals surface area contributed by atoms with E-state index in [1.807, 2.05) is 30.9 Å². The summed E-state index contributed by atoms with van der Waals surface area (Å²) < 4.78 is 0. The van der Waals surface area contributed by atoms with Gasteiger partial charge in [-0.05, 0) is 25.8 Å². The zero-order valence-electron chi connectivity index (χ0n) is 11.1. The first-order valence-electron chi connectivity index (χ1n) is 6.92. The average Bonchev–Trinajstić information content (AvgIpc) is 2.37. The zero-order chi connectivity index (χ0) is 12.8. The van der Waals surface area contributed by atoms with Crippen molar-refractivity contribution in [1.82, 2.24) is 9.97 Å². The van der Waals surface area contributed by atoms with E-state index in [1.54, 1.807) is 0 Å². The number of hydrogen-bond acceptors (Lipinski definition) is 4. The maximum Gasteiger partial charge on any atom is 0.138 e. The first-order chi connectivity index (χ1) is 8.74. The van der Waals surface area contributed by atoms with Gasteiger partial charge in [-0.3, -0.25) is 0 Å². The van der Waals surface area contributed by atoms with Gasteiger partial charge < -0.3 is 5.73 Å². The van der Waals surface area contributed by atoms with E-state index in [1.165, 1.54) is 32.1 Å². The molecule has 0 amide bonds. The Morgan fingerprint density at radius 3 is 2.89 bits per heavy atom. The van der Waals surface area contributed by atoms with Gasteiger partial charge in [0.2, 0.25) is 0 Å². The molecule has 4 heteroatoms. The normalized spacial score (nSPS) is 18.8. The molecule has 3 nitrogen and oxygen atoms in total. The Hall–Kier alpha value is -0.610. The van der Waals surface area contributed by atoms with E-state index < -0.39 is 0 Å². The molecule has 1 aromatic heterocycles. The fraction of sp³-hybridized carbons (Fsp3) is 0.714. The standard InChI is InChI=1S/C14H23N3S/c1-11(15)9-12-7-8-16-14(17-12)10-18-13-5-3-2-4-6-13/h7-8,11,13H,2-6,9-10,15H2,1H3. The highest BCUT2D eigenvalue weighted by Crippen LogP contribution is 2.29. The molecule has 0 saturated heterocycles. The van der Waals surface area contributed by atoms with Crippen LogP contribution in [0.3, 0.4) is 0 Å². The van der Waals surface area contributed by atoms with Crippen molar-refractivity contribution in [3.8, 4) is 0 Å². The van der Waals surface area contributed by atoms with Crippen LogP contribution in [0.25, 0.3) is 0 Å². The number of nitrogens with two attached hydrogens (primary N) is 1. The topological polar surface area (TPSA) is 51.8 Å². The van der Waals surface area contributed by atoms with E-state index in [0.29, 0.717) is 0 Å². The second-order valence-electron chi connectivity index (χ2n) is 5.22. The van der Waals surface area contributed by atoms with Crippen molar-refractivity contribution in [3.05, 3.63) is 23.8 Å². The third-order valence-electron chi connectivity index (χ3n) is 3.29. The first-order valence-corrected chi connectivity index (χ1v) is 7.97. The van der Waals surface area contributed by atoms with Crippen molar-refractivity contribution in [1.29, 1.82) is 0 Å². The SMILES string of the molecule is CC(N)Cc1ccnc(CSC2CCCCC2)n1. The minimum atomic E-state index is 0.166. The first kappa shape index (κ1) is 13.8. The molecule has 1 aliphatic carbocycles. The molecular weight excluding hydrogens is 242 g/mol. The third-order valence-corrected chi connectivity index (χ3v) is 4.66. The quantitative estimate of drug-likeness (QED) is 0.889. The van der Waals surface area contributed by atoms with E-state index >= 15 is 0 Å². The van der Waals surface area contributed by atoms with Crippen molar-refractivity contribution in [2.45, 2.75) is 62.5 Å². The number of rotatable bonds is 5. The molecule has 1 fully saturated rings. The van der Waals surface area contributed by atoms with Crippen molar-refractivity contribution in [2.75, 3.05) is 0 Å². The lowest BCUT2D eigenvalue weighted by atomic mass is 10.0. The summed E-state index contributed by atoms with van der Waals surface area (Å²) in [6.07, 6.45) is 9.63. The molecule has 1 saturated carbocycles. The molecule has 1 aromatic rings. The predicted octanol–water partition coefficient (Wildman–Crippen LogP) is 2.93. The van der Waals surface area contributed by atoms with Gasteiger partial charge in [-0.2, -0.15) is 11.8 Å². The van der Waals surface area contributed by atoms with Gasteiger partial charge in [0.1, 0.15) is 5.82 Å². The van der Waals surface area contributed by atoms with Crippen LogP contribution in [0.15, 0.2) is 12.3 Å². The average molecular weight is 265 g/mol. The Bertz CT molecular complexity index is 362. The highest BCUT2D eigenvalue weighted by atomic mass is 32.2. The molecule has 1 heterocycles. The van der Waals surface area contributed by atoms with Gasteiger partial charge in [0.25, 0.3) is 0 Å². The van der Waals surface area contributed by atoms with E-state index in [2.05, 4.69) is 9.97 Å². The summed E-state index contributed by atoms with van der Waals surface area (Å²) in [5.41, 5.74) is 6.87. The summed E-state index contributed by atoms with van der Waals surface area (Å²) in [6, 6.07) is 2.14. The van der Waals surface area contributed by atoms with Crippen LogP contribution in [-0.4, -0.2) is 21.3 Å². The van der Waals surface area contributed by atoms with Gasteiger partial charge in [0, 0.05) is 29.6 Å². The zero-order valence-corrected chi connectivity index (χ0v) is 12.0. The Morgan fingerprint density at radius 1 is 1.39 bits per heavy atom. The van der Waals surface area contributed by atoms with Crippen LogP contribution in [0.1, 0.15) is 50.5 Å². The lowest BCUT2D eigenvalue weighted by Gasteiger charge is -2.20. The Morgan fingerprint density at radius 2 is 2.17 bits per heavy atom. The second-order valence-corrected chi connectivity index (χ2v) is 6.51. The lowest BCUT2D eigenvalue weighted by molar-refractivity contribution is 0.516. The number of nitrogens with zero attached hydrogens (tertiary/aromatic N) is 2. The third kappa shape index (κ3) is 4.58. The molecule has 1 aliphatic rings. The van der Waals surface area contributed by atoms with Gasteiger partial charge in [-0.15, -0.1) is 0 Å². The maximum absolute atomic E-state index is 5.80. The molecule has 1 atom stereocenters. The largest absolute Gasteiger partial charge is 0.328 e. The summed E-state index contributed by atoms with van der Waals surface area (Å²) >= 11 is 2.02. The Balaban J connectivity index is 1.84. The van der Waals surface area contributed by atoms with Gasteiger partial charge in [-0.1, -0.05) is 19.3 Å². The van der Waals surface area contributed by atoms with Gasteiger partial charge in [0.05, 0.1) is 5.75 Å². The van der Waals surface area contributed by atoms with Crippen LogP contribution >= 0.6 is 11.8 Å². The number of thioether (sulfide) groups is 1. The molecule has 0 aliphatic heterocycles. The van der Waals surface area contributed by atoms with Gasteiger partial charge in [-0.25, -0.2) is 9.97 Å². The minimum Gasteiger partial charge on any atom is -0.328 e. The summed E-state index contributed by atoms with van der Waals surface area (Å²) in [7, 11) is 0. The van der Waals surface area contributed by atoms with Gasteiger partial charge in [0.15, 0.2) is 0 Å². The predicted molar refractivity (Wildman–Crippen MR) is 77.6 cm³/mol. The van der Waals surface area contributed by atoms with Crippen molar-refractivity contribution >= 4 is 11.8 Å². The molecule has 2 N–H and O–H groups in total. The minimum absolute atomic E-state index is 0.166. The fourth-order valence-corrected chi connectivity index (χ4v) is 3.57. The van der Waals surface area contributed by atoms with Crippen molar-refractivity contribution < 1.29 is 0 Å². The maximum atomic E-state index is 5.80.